The van der Waals surface area contributed by atoms with Crippen molar-refractivity contribution in [3.63, 3.8) is 0 Å². The molecule has 2 aromatic carbocycles. The molecule has 0 spiro atoms. The van der Waals surface area contributed by atoms with Gasteiger partial charge in [-0.05, 0) is 42.0 Å². The molecule has 94 valence electrons. The molecular formula is C14H18N4. The van der Waals surface area contributed by atoms with Gasteiger partial charge >= 0.3 is 0 Å². The van der Waals surface area contributed by atoms with Crippen molar-refractivity contribution in [2.75, 3.05) is 36.2 Å². The van der Waals surface area contributed by atoms with Crippen molar-refractivity contribution in [1.82, 2.24) is 0 Å². The molecule has 0 fully saturated rings. The smallest absolute Gasteiger partial charge is 0.0395 e. The number of hydrogen-bond donors (Lipinski definition) is 4. The van der Waals surface area contributed by atoms with E-state index in [9.17, 15) is 0 Å². The highest BCUT2D eigenvalue weighted by molar-refractivity contribution is 5.83. The van der Waals surface area contributed by atoms with E-state index in [1.54, 1.807) is 6.07 Å². The van der Waals surface area contributed by atoms with Crippen molar-refractivity contribution < 1.29 is 0 Å². The first-order valence-corrected chi connectivity index (χ1v) is 5.80. The summed E-state index contributed by atoms with van der Waals surface area (Å²) < 4.78 is 0. The number of nitrogens with two attached hydrogens (primary N) is 2. The van der Waals surface area contributed by atoms with Crippen LogP contribution in [0.15, 0.2) is 36.4 Å². The van der Waals surface area contributed by atoms with E-state index in [-0.39, 0.29) is 0 Å². The third kappa shape index (κ3) is 2.32. The molecule has 2 rings (SSSR count). The highest BCUT2D eigenvalue weighted by atomic mass is 14.8. The Morgan fingerprint density at radius 1 is 0.833 bits per heavy atom. The number of rotatable bonds is 3. The number of nitrogen functional groups attached to an aromatic ring is 2. The van der Waals surface area contributed by atoms with Crippen LogP contribution in [0.5, 0.6) is 0 Å². The Bertz CT molecular complexity index is 541. The average molecular weight is 242 g/mol. The largest absolute Gasteiger partial charge is 0.399 e. The Morgan fingerprint density at radius 3 is 2.00 bits per heavy atom. The highest BCUT2D eigenvalue weighted by Crippen LogP contribution is 2.32. The molecule has 6 N–H and O–H groups in total. The van der Waals surface area contributed by atoms with Crippen LogP contribution in [-0.4, -0.2) is 14.1 Å². The highest BCUT2D eigenvalue weighted by Gasteiger charge is 2.06. The quantitative estimate of drug-likeness (QED) is 0.624. The van der Waals surface area contributed by atoms with E-state index in [2.05, 4.69) is 10.6 Å². The van der Waals surface area contributed by atoms with Gasteiger partial charge < -0.3 is 22.1 Å². The van der Waals surface area contributed by atoms with Crippen LogP contribution in [0.4, 0.5) is 22.7 Å². The van der Waals surface area contributed by atoms with Gasteiger partial charge in [-0.1, -0.05) is 0 Å². The minimum Gasteiger partial charge on any atom is -0.399 e. The molecule has 4 nitrogen and oxygen atoms in total. The summed E-state index contributed by atoms with van der Waals surface area (Å²) in [5.74, 6) is 0. The Morgan fingerprint density at radius 2 is 1.44 bits per heavy atom. The van der Waals surface area contributed by atoms with Gasteiger partial charge in [-0.3, -0.25) is 0 Å². The second-order valence-corrected chi connectivity index (χ2v) is 4.15. The monoisotopic (exact) mass is 242 g/mol. The molecule has 0 aliphatic carbocycles. The first-order valence-electron chi connectivity index (χ1n) is 5.80. The minimum absolute atomic E-state index is 0.708. The molecule has 0 aromatic heterocycles. The maximum absolute atomic E-state index is 6.01. The Kier molecular flexibility index (Phi) is 3.28. The molecule has 0 radical (unpaired) electrons. The number of anilines is 4. The molecule has 0 atom stereocenters. The zero-order valence-electron chi connectivity index (χ0n) is 10.6. The molecule has 0 saturated heterocycles. The molecule has 0 heterocycles. The SMILES string of the molecule is CNc1cc(NC)cc(-c2cc(N)ccc2N)c1. The Balaban J connectivity index is 2.58. The van der Waals surface area contributed by atoms with Gasteiger partial charge in [0, 0.05) is 42.4 Å². The normalized spacial score (nSPS) is 10.1. The van der Waals surface area contributed by atoms with Gasteiger partial charge in [-0.25, -0.2) is 0 Å². The maximum Gasteiger partial charge on any atom is 0.0395 e. The lowest BCUT2D eigenvalue weighted by molar-refractivity contribution is 1.46. The summed E-state index contributed by atoms with van der Waals surface area (Å²) in [4.78, 5) is 0. The van der Waals surface area contributed by atoms with Gasteiger partial charge in [-0.2, -0.15) is 0 Å². The lowest BCUT2D eigenvalue weighted by Gasteiger charge is -2.12. The average Bonchev–Trinajstić information content (AvgIpc) is 2.40. The molecule has 18 heavy (non-hydrogen) atoms. The molecule has 0 unspecified atom stereocenters. The zero-order valence-corrected chi connectivity index (χ0v) is 10.6. The third-order valence-corrected chi connectivity index (χ3v) is 2.90. The van der Waals surface area contributed by atoms with Crippen molar-refractivity contribution in [3.8, 4) is 11.1 Å². The van der Waals surface area contributed by atoms with Gasteiger partial charge in [0.15, 0.2) is 0 Å². The van der Waals surface area contributed by atoms with Crippen LogP contribution in [-0.2, 0) is 0 Å². The second-order valence-electron chi connectivity index (χ2n) is 4.15. The van der Waals surface area contributed by atoms with E-state index in [1.807, 2.05) is 44.4 Å². The zero-order chi connectivity index (χ0) is 13.1. The first kappa shape index (κ1) is 12.1. The van der Waals surface area contributed by atoms with Crippen LogP contribution in [0.2, 0.25) is 0 Å². The lowest BCUT2D eigenvalue weighted by Crippen LogP contribution is -1.96. The third-order valence-electron chi connectivity index (χ3n) is 2.90. The molecule has 0 amide bonds. The van der Waals surface area contributed by atoms with Crippen LogP contribution in [0, 0.1) is 0 Å². The van der Waals surface area contributed by atoms with E-state index < -0.39 is 0 Å². The fraction of sp³-hybridized carbons (Fsp3) is 0.143. The van der Waals surface area contributed by atoms with Crippen LogP contribution < -0.4 is 22.1 Å². The molecule has 4 heteroatoms. The van der Waals surface area contributed by atoms with Crippen molar-refractivity contribution in [1.29, 1.82) is 0 Å². The number of benzene rings is 2. The molecule has 0 aliphatic heterocycles. The van der Waals surface area contributed by atoms with E-state index >= 15 is 0 Å². The van der Waals surface area contributed by atoms with Crippen molar-refractivity contribution >= 4 is 22.7 Å². The predicted octanol–water partition coefficient (Wildman–Crippen LogP) is 2.60. The van der Waals surface area contributed by atoms with Gasteiger partial charge in [0.25, 0.3) is 0 Å². The summed E-state index contributed by atoms with van der Waals surface area (Å²) in [5, 5.41) is 6.27. The topological polar surface area (TPSA) is 76.1 Å². The van der Waals surface area contributed by atoms with E-state index in [1.165, 1.54) is 0 Å². The Hall–Kier alpha value is -2.36. The lowest BCUT2D eigenvalue weighted by atomic mass is 10.0. The van der Waals surface area contributed by atoms with Gasteiger partial charge in [0.1, 0.15) is 0 Å². The predicted molar refractivity (Wildman–Crippen MR) is 79.8 cm³/mol. The summed E-state index contributed by atoms with van der Waals surface area (Å²) in [6, 6.07) is 11.7. The fourth-order valence-corrected chi connectivity index (χ4v) is 1.90. The van der Waals surface area contributed by atoms with E-state index in [0.29, 0.717) is 5.69 Å². The summed E-state index contributed by atoms with van der Waals surface area (Å²) in [7, 11) is 3.78. The summed E-state index contributed by atoms with van der Waals surface area (Å²) in [6.07, 6.45) is 0. The van der Waals surface area contributed by atoms with Crippen molar-refractivity contribution in [2.45, 2.75) is 0 Å². The van der Waals surface area contributed by atoms with Crippen LogP contribution in [0.25, 0.3) is 11.1 Å². The second kappa shape index (κ2) is 4.87. The molecule has 2 aromatic rings. The Labute approximate surface area is 107 Å². The molecule has 0 aliphatic rings. The fourth-order valence-electron chi connectivity index (χ4n) is 1.90. The van der Waals surface area contributed by atoms with E-state index in [0.717, 1.165) is 28.2 Å². The van der Waals surface area contributed by atoms with E-state index in [4.69, 9.17) is 11.5 Å². The number of hydrogen-bond acceptors (Lipinski definition) is 4. The summed E-state index contributed by atoms with van der Waals surface area (Å²) >= 11 is 0. The van der Waals surface area contributed by atoms with Crippen LogP contribution >= 0.6 is 0 Å². The van der Waals surface area contributed by atoms with Crippen LogP contribution in [0.1, 0.15) is 0 Å². The molecule has 0 saturated carbocycles. The van der Waals surface area contributed by atoms with Crippen LogP contribution in [0.3, 0.4) is 0 Å². The number of nitrogens with one attached hydrogen (secondary N) is 2. The van der Waals surface area contributed by atoms with Crippen molar-refractivity contribution in [2.24, 2.45) is 0 Å². The molecule has 0 bridgehead atoms. The molecular weight excluding hydrogens is 224 g/mol. The van der Waals surface area contributed by atoms with Crippen molar-refractivity contribution in [3.05, 3.63) is 36.4 Å². The minimum atomic E-state index is 0.708. The van der Waals surface area contributed by atoms with Gasteiger partial charge in [0.05, 0.1) is 0 Å². The standard InChI is InChI=1S/C14H18N4/c1-17-11-5-9(6-12(8-11)18-2)13-7-10(15)3-4-14(13)16/h3-8,17-18H,15-16H2,1-2H3. The first-order chi connectivity index (χ1) is 8.63. The van der Waals surface area contributed by atoms with Gasteiger partial charge in [-0.15, -0.1) is 0 Å². The summed E-state index contributed by atoms with van der Waals surface area (Å²) in [5.41, 5.74) is 17.3. The van der Waals surface area contributed by atoms with Gasteiger partial charge in [0.2, 0.25) is 0 Å². The maximum atomic E-state index is 6.01. The summed E-state index contributed by atoms with van der Waals surface area (Å²) in [6.45, 7) is 0.